The number of hydrogen-bond acceptors (Lipinski definition) is 23. The van der Waals surface area contributed by atoms with Gasteiger partial charge in [-0.05, 0) is 83.3 Å². The van der Waals surface area contributed by atoms with Gasteiger partial charge in [0, 0.05) is 31.3 Å². The third kappa shape index (κ3) is 36.1. The number of thiol groups is 2. The second kappa shape index (κ2) is 45.7. The third-order valence-corrected chi connectivity index (χ3v) is 14.6. The first kappa shape index (κ1) is 86.4. The van der Waals surface area contributed by atoms with Crippen LogP contribution < -0.4 is 86.3 Å². The Labute approximate surface area is 561 Å². The summed E-state index contributed by atoms with van der Waals surface area (Å²) in [5, 5.41) is 68.3. The normalized spacial score (nSPS) is 14.7. The van der Waals surface area contributed by atoms with E-state index in [1.807, 2.05) is 0 Å². The van der Waals surface area contributed by atoms with Gasteiger partial charge in [-0.25, -0.2) is 0 Å². The van der Waals surface area contributed by atoms with E-state index in [1.165, 1.54) is 11.8 Å². The number of aliphatic carboxylic acids is 3. The molecule has 0 heterocycles. The molecule has 0 bridgehead atoms. The summed E-state index contributed by atoms with van der Waals surface area (Å²) in [5.74, 6) is -20.7. The second-order valence-corrected chi connectivity index (χ2v) is 23.6. The second-order valence-electron chi connectivity index (χ2n) is 21.8. The van der Waals surface area contributed by atoms with Crippen LogP contribution in [-0.2, 0) is 86.3 Å². The van der Waals surface area contributed by atoms with Crippen LogP contribution in [0.25, 0.3) is 0 Å². The highest BCUT2D eigenvalue weighted by atomic mass is 32.2. The molecule has 0 aromatic rings. The fourth-order valence-electron chi connectivity index (χ4n) is 8.24. The molecule has 0 saturated heterocycles. The molecule has 41 heteroatoms. The van der Waals surface area contributed by atoms with E-state index >= 15 is 0 Å². The summed E-state index contributed by atoms with van der Waals surface area (Å²) < 4.78 is 0. The molecule has 0 aliphatic carbocycles. The number of aliphatic hydroxyl groups is 1. The van der Waals surface area contributed by atoms with Crippen molar-refractivity contribution < 1.29 is 107 Å². The van der Waals surface area contributed by atoms with Crippen molar-refractivity contribution in [1.29, 1.82) is 0 Å². The molecule has 38 nitrogen and oxygen atoms in total. The zero-order chi connectivity index (χ0) is 72.8. The van der Waals surface area contributed by atoms with Crippen LogP contribution >= 0.6 is 37.0 Å². The highest BCUT2D eigenvalue weighted by Gasteiger charge is 2.36. The van der Waals surface area contributed by atoms with E-state index in [1.54, 1.807) is 20.1 Å². The number of carboxylic acid groups (broad SMARTS) is 3. The average Bonchev–Trinajstić information content (AvgIpc) is 0.947. The fourth-order valence-corrected chi connectivity index (χ4v) is 9.23. The van der Waals surface area contributed by atoms with Crippen LogP contribution in [0, 0.1) is 5.92 Å². The molecule has 0 aromatic carbocycles. The molecule has 0 aliphatic heterocycles. The van der Waals surface area contributed by atoms with Crippen molar-refractivity contribution in [2.75, 3.05) is 43.1 Å². The molecular weight excluding hydrogens is 1320 g/mol. The Morgan fingerprint density at radius 2 is 0.842 bits per heavy atom. The van der Waals surface area contributed by atoms with E-state index in [2.05, 4.69) is 94.4 Å². The Hall–Kier alpha value is -8.57. The van der Waals surface area contributed by atoms with Gasteiger partial charge in [-0.3, -0.25) is 86.3 Å². The van der Waals surface area contributed by atoms with Gasteiger partial charge in [-0.15, -0.1) is 0 Å². The van der Waals surface area contributed by atoms with Gasteiger partial charge in [0.15, 0.2) is 0 Å². The topological polar surface area (TPSA) is 623 Å². The van der Waals surface area contributed by atoms with Crippen LogP contribution in [-0.4, -0.2) is 243 Å². The summed E-state index contributed by atoms with van der Waals surface area (Å²) in [4.78, 5) is 231. The fraction of sp³-hybridized carbons (Fsp3) is 0.667. The smallest absolute Gasteiger partial charge is 0.305 e. The van der Waals surface area contributed by atoms with Crippen molar-refractivity contribution in [1.82, 2.24) is 69.1 Å². The molecule has 0 aromatic heterocycles. The number of thioether (sulfide) groups is 1. The summed E-state index contributed by atoms with van der Waals surface area (Å²) in [6.07, 6.45) is -4.04. The van der Waals surface area contributed by atoms with Crippen LogP contribution in [0.3, 0.4) is 0 Å². The maximum Gasteiger partial charge on any atom is 0.305 e. The third-order valence-electron chi connectivity index (χ3n) is 13.2. The molecule has 95 heavy (non-hydrogen) atoms. The quantitative estimate of drug-likeness (QED) is 0.0199. The van der Waals surface area contributed by atoms with E-state index in [0.29, 0.717) is 6.42 Å². The van der Waals surface area contributed by atoms with Crippen molar-refractivity contribution in [3.8, 4) is 0 Å². The summed E-state index contributed by atoms with van der Waals surface area (Å²) in [7, 11) is 0. The number of carbonyl (C=O) groups is 18. The molecule has 23 N–H and O–H groups in total. The van der Waals surface area contributed by atoms with Gasteiger partial charge >= 0.3 is 17.9 Å². The van der Waals surface area contributed by atoms with E-state index in [4.69, 9.17) is 17.2 Å². The number of nitrogens with one attached hydrogen (secondary N) is 13. The summed E-state index contributed by atoms with van der Waals surface area (Å²) in [5.41, 5.74) is 16.3. The Morgan fingerprint density at radius 1 is 0.442 bits per heavy atom. The molecule has 12 atom stereocenters. The van der Waals surface area contributed by atoms with Crippen LogP contribution in [0.5, 0.6) is 0 Å². The highest BCUT2D eigenvalue weighted by molar-refractivity contribution is 7.98. The van der Waals surface area contributed by atoms with Gasteiger partial charge in [0.05, 0.1) is 32.0 Å². The lowest BCUT2D eigenvalue weighted by Gasteiger charge is -2.27. The van der Waals surface area contributed by atoms with Crippen LogP contribution in [0.2, 0.25) is 0 Å². The van der Waals surface area contributed by atoms with Crippen molar-refractivity contribution in [2.24, 2.45) is 23.1 Å². The van der Waals surface area contributed by atoms with Crippen LogP contribution in [0.15, 0.2) is 0 Å². The number of primary amides is 2. The van der Waals surface area contributed by atoms with E-state index in [-0.39, 0.29) is 49.7 Å². The Balaban J connectivity index is 6.21. The van der Waals surface area contributed by atoms with Crippen LogP contribution in [0.1, 0.15) is 105 Å². The number of unbranched alkanes of at least 4 members (excludes halogenated alkanes) is 1. The number of nitrogens with two attached hydrogens (primary N) is 3. The monoisotopic (exact) mass is 1410 g/mol. The SMILES string of the molecule is CSCC[C@H](NC(=O)CNC(=O)[C@H](CCC(=O)O)NC(=O)[C@H](C)NC(=O)[C@@H](NC(=O)[C@H](CCCCN)NC(=O)[C@H](CC(N)=O)NC(=O)[C@H](CS)NC(C)=O)[C@@H](C)O)C(=O)N[C@@H](CC(=O)O)C(=O)NCC(=O)N[C@@H](CS)C(=O)N[C@@H](CCC(=O)O)C(=O)N[C@@H](CC(C)C)C(N)=O. The molecule has 0 fully saturated rings. The zero-order valence-electron chi connectivity index (χ0n) is 53.2. The first-order valence-electron chi connectivity index (χ1n) is 29.6. The van der Waals surface area contributed by atoms with Crippen molar-refractivity contribution in [2.45, 2.75) is 178 Å². The predicted molar refractivity (Wildman–Crippen MR) is 342 cm³/mol. The predicted octanol–water partition coefficient (Wildman–Crippen LogP) is -8.67. The number of hydrogen-bond donors (Lipinski definition) is 22. The van der Waals surface area contributed by atoms with Gasteiger partial charge < -0.3 is 107 Å². The van der Waals surface area contributed by atoms with Gasteiger partial charge in [-0.2, -0.15) is 37.0 Å². The van der Waals surface area contributed by atoms with Gasteiger partial charge in [0.25, 0.3) is 0 Å². The highest BCUT2D eigenvalue weighted by Crippen LogP contribution is 2.10. The maximum absolute atomic E-state index is 13.7. The van der Waals surface area contributed by atoms with Gasteiger partial charge in [-0.1, -0.05) is 13.8 Å². The number of amides is 15. The summed E-state index contributed by atoms with van der Waals surface area (Å²) >= 11 is 9.25. The van der Waals surface area contributed by atoms with Gasteiger partial charge in [0.1, 0.15) is 66.5 Å². The van der Waals surface area contributed by atoms with E-state index < -0.39 is 236 Å². The Morgan fingerprint density at radius 3 is 1.27 bits per heavy atom. The molecule has 0 saturated carbocycles. The minimum Gasteiger partial charge on any atom is -0.481 e. The number of aliphatic hydroxyl groups excluding tert-OH is 1. The minimum atomic E-state index is -1.92. The van der Waals surface area contributed by atoms with Gasteiger partial charge in [0.2, 0.25) is 88.6 Å². The average molecular weight is 1410 g/mol. The largest absolute Gasteiger partial charge is 0.481 e. The lowest BCUT2D eigenvalue weighted by molar-refractivity contribution is -0.141. The molecule has 15 amide bonds. The zero-order valence-corrected chi connectivity index (χ0v) is 55.8. The first-order chi connectivity index (χ1) is 44.4. The molecule has 0 rings (SSSR count). The number of carboxylic acids is 3. The number of carbonyl (C=O) groups excluding carboxylic acids is 15. The van der Waals surface area contributed by atoms with E-state index in [0.717, 1.165) is 20.8 Å². The number of rotatable bonds is 48. The Kier molecular flexibility index (Phi) is 41.6. The van der Waals surface area contributed by atoms with Crippen molar-refractivity contribution in [3.63, 3.8) is 0 Å². The molecule has 0 spiro atoms. The standard InChI is InChI=1S/C54H90N16O22S3/c1-24(2)17-32(44(57)82)67-48(86)30(11-13-41(78)79)66-53(91)36(23-94)63-39(75)21-59-47(85)34(19-42(80)81)69-49(87)31(14-16-95-6)62-38(74)20-58-46(84)29(10-12-40(76)77)64-45(83)25(3)60-54(92)43(26(4)71)70-50(88)28(9-7-8-15-55)65-51(89)33(18-37(56)73)68-52(90)35(22-93)61-27(5)72/h24-26,28-36,43,71,93-94H,7-23,55H2,1-6H3,(H2,56,73)(H2,57,82)(H,58,84)(H,59,85)(H,60,92)(H,61,72)(H,62,74)(H,63,75)(H,64,83)(H,65,89)(H,66,91)(H,67,86)(H,68,90)(H,69,87)(H,70,88)(H,76,77)(H,78,79)(H,80,81)/t25-,26+,28-,29-,30-,31-,32-,33-,34-,35-,36-,43-/m0/s1. The lowest BCUT2D eigenvalue weighted by Crippen LogP contribution is -2.61. The first-order valence-corrected chi connectivity index (χ1v) is 32.2. The maximum atomic E-state index is 13.7. The van der Waals surface area contributed by atoms with E-state index in [9.17, 15) is 107 Å². The molecule has 536 valence electrons. The minimum absolute atomic E-state index is 0.109. The van der Waals surface area contributed by atoms with Crippen molar-refractivity contribution >= 4 is 144 Å². The van der Waals surface area contributed by atoms with Crippen LogP contribution in [0.4, 0.5) is 0 Å². The molecule has 0 aliphatic rings. The Bertz CT molecular complexity index is 2730. The summed E-state index contributed by atoms with van der Waals surface area (Å²) in [6.45, 7) is 5.03. The molecule has 0 radical (unpaired) electrons. The molecule has 0 unspecified atom stereocenters. The summed E-state index contributed by atoms with van der Waals surface area (Å²) in [6, 6.07) is -17.4. The molecular formula is C54H90N16O22S3. The lowest BCUT2D eigenvalue weighted by atomic mass is 10.0. The van der Waals surface area contributed by atoms with Crippen molar-refractivity contribution in [3.05, 3.63) is 0 Å².